The number of nitrogens with zero attached hydrogens (tertiary/aromatic N) is 1. The van der Waals surface area contributed by atoms with Crippen molar-refractivity contribution < 1.29 is 0 Å². The van der Waals surface area contributed by atoms with Crippen molar-refractivity contribution in [2.24, 2.45) is 0 Å². The van der Waals surface area contributed by atoms with E-state index in [-0.39, 0.29) is 0 Å². The highest BCUT2D eigenvalue weighted by atomic mass is 35.5. The highest BCUT2D eigenvalue weighted by molar-refractivity contribution is 7.10. The Bertz CT molecular complexity index is 456. The SMILES string of the molecule is Clc1csc(CNc2cccc(Cl)n2)c1. The van der Waals surface area contributed by atoms with Gasteiger partial charge in [0.2, 0.25) is 0 Å². The fourth-order valence-corrected chi connectivity index (χ4v) is 2.31. The average Bonchev–Trinajstić information content (AvgIpc) is 2.62. The van der Waals surface area contributed by atoms with Crippen LogP contribution in [0.2, 0.25) is 10.2 Å². The van der Waals surface area contributed by atoms with Gasteiger partial charge in [-0.1, -0.05) is 29.3 Å². The van der Waals surface area contributed by atoms with Gasteiger partial charge in [0.15, 0.2) is 0 Å². The molecule has 0 saturated carbocycles. The van der Waals surface area contributed by atoms with Crippen molar-refractivity contribution in [3.05, 3.63) is 44.7 Å². The number of nitrogens with one attached hydrogen (secondary N) is 1. The first-order chi connectivity index (χ1) is 7.24. The predicted octanol–water partition coefficient (Wildman–Crippen LogP) is 4.06. The molecule has 0 saturated heterocycles. The van der Waals surface area contributed by atoms with E-state index in [0.717, 1.165) is 10.8 Å². The van der Waals surface area contributed by atoms with Gasteiger partial charge in [-0.15, -0.1) is 11.3 Å². The van der Waals surface area contributed by atoms with Crippen LogP contribution in [0, 0.1) is 0 Å². The summed E-state index contributed by atoms with van der Waals surface area (Å²) < 4.78 is 0. The molecule has 1 N–H and O–H groups in total. The van der Waals surface area contributed by atoms with Gasteiger partial charge < -0.3 is 5.32 Å². The van der Waals surface area contributed by atoms with Crippen LogP contribution in [0.4, 0.5) is 5.82 Å². The van der Waals surface area contributed by atoms with Gasteiger partial charge in [-0.3, -0.25) is 0 Å². The number of aromatic nitrogens is 1. The average molecular weight is 259 g/mol. The van der Waals surface area contributed by atoms with Crippen molar-refractivity contribution in [3.8, 4) is 0 Å². The monoisotopic (exact) mass is 258 g/mol. The molecule has 5 heteroatoms. The Balaban J connectivity index is 1.99. The molecule has 0 amide bonds. The third kappa shape index (κ3) is 3.09. The van der Waals surface area contributed by atoms with Crippen molar-refractivity contribution in [2.45, 2.75) is 6.54 Å². The first-order valence-corrected chi connectivity index (χ1v) is 5.97. The van der Waals surface area contributed by atoms with Gasteiger partial charge in [-0.05, 0) is 18.2 Å². The predicted molar refractivity (Wildman–Crippen MR) is 65.9 cm³/mol. The van der Waals surface area contributed by atoms with Crippen LogP contribution in [0.25, 0.3) is 0 Å². The van der Waals surface area contributed by atoms with Crippen LogP contribution in [0.5, 0.6) is 0 Å². The van der Waals surface area contributed by atoms with Crippen LogP contribution in [0.3, 0.4) is 0 Å². The Kier molecular flexibility index (Phi) is 3.46. The van der Waals surface area contributed by atoms with Crippen molar-refractivity contribution in [2.75, 3.05) is 5.32 Å². The van der Waals surface area contributed by atoms with E-state index in [9.17, 15) is 0 Å². The van der Waals surface area contributed by atoms with Crippen molar-refractivity contribution in [3.63, 3.8) is 0 Å². The number of rotatable bonds is 3. The zero-order valence-corrected chi connectivity index (χ0v) is 10.0. The molecule has 0 aliphatic heterocycles. The molecule has 0 atom stereocenters. The van der Waals surface area contributed by atoms with Gasteiger partial charge in [-0.25, -0.2) is 4.98 Å². The van der Waals surface area contributed by atoms with E-state index in [4.69, 9.17) is 23.2 Å². The lowest BCUT2D eigenvalue weighted by molar-refractivity contribution is 1.14. The quantitative estimate of drug-likeness (QED) is 0.840. The Hall–Kier alpha value is -0.770. The Morgan fingerprint density at radius 2 is 2.20 bits per heavy atom. The van der Waals surface area contributed by atoms with Crippen molar-refractivity contribution in [1.82, 2.24) is 4.98 Å². The van der Waals surface area contributed by atoms with Crippen LogP contribution < -0.4 is 5.32 Å². The van der Waals surface area contributed by atoms with Crippen LogP contribution in [0.15, 0.2) is 29.6 Å². The van der Waals surface area contributed by atoms with Gasteiger partial charge in [0.1, 0.15) is 11.0 Å². The minimum Gasteiger partial charge on any atom is -0.365 e. The highest BCUT2D eigenvalue weighted by Gasteiger charge is 1.99. The maximum Gasteiger partial charge on any atom is 0.131 e. The van der Waals surface area contributed by atoms with Gasteiger partial charge in [0, 0.05) is 10.3 Å². The third-order valence-corrected chi connectivity index (χ3v) is 3.28. The lowest BCUT2D eigenvalue weighted by Gasteiger charge is -2.03. The minimum atomic E-state index is 0.490. The van der Waals surface area contributed by atoms with Crippen molar-refractivity contribution in [1.29, 1.82) is 0 Å². The molecule has 2 aromatic heterocycles. The molecule has 2 nitrogen and oxygen atoms in total. The highest BCUT2D eigenvalue weighted by Crippen LogP contribution is 2.20. The molecule has 2 heterocycles. The molecule has 2 rings (SSSR count). The van der Waals surface area contributed by atoms with E-state index >= 15 is 0 Å². The van der Waals surface area contributed by atoms with E-state index in [1.54, 1.807) is 17.4 Å². The van der Waals surface area contributed by atoms with Crippen molar-refractivity contribution >= 4 is 40.4 Å². The Morgan fingerprint density at radius 3 is 2.87 bits per heavy atom. The number of pyridine rings is 1. The number of halogens is 2. The van der Waals surface area contributed by atoms with Crippen LogP contribution in [-0.4, -0.2) is 4.98 Å². The van der Waals surface area contributed by atoms with E-state index in [1.807, 2.05) is 23.6 Å². The molecule has 0 fully saturated rings. The lowest BCUT2D eigenvalue weighted by atomic mass is 10.4. The molecule has 0 radical (unpaired) electrons. The van der Waals surface area contributed by atoms with E-state index < -0.39 is 0 Å². The molecule has 2 aromatic rings. The number of hydrogen-bond donors (Lipinski definition) is 1. The summed E-state index contributed by atoms with van der Waals surface area (Å²) in [5.74, 6) is 0.770. The summed E-state index contributed by atoms with van der Waals surface area (Å²) in [5.41, 5.74) is 0. The Labute approximate surface area is 102 Å². The Morgan fingerprint density at radius 1 is 1.33 bits per heavy atom. The number of hydrogen-bond acceptors (Lipinski definition) is 3. The molecule has 0 aliphatic carbocycles. The normalized spacial score (nSPS) is 10.3. The minimum absolute atomic E-state index is 0.490. The molecular formula is C10H8Cl2N2S. The fraction of sp³-hybridized carbons (Fsp3) is 0.100. The second-order valence-electron chi connectivity index (χ2n) is 2.93. The topological polar surface area (TPSA) is 24.9 Å². The first kappa shape index (κ1) is 10.7. The molecule has 0 aromatic carbocycles. The summed E-state index contributed by atoms with van der Waals surface area (Å²) in [5, 5.41) is 6.34. The standard InChI is InChI=1S/C10H8Cl2N2S/c11-7-4-8(15-6-7)5-13-10-3-1-2-9(12)14-10/h1-4,6H,5H2,(H,13,14). The zero-order valence-electron chi connectivity index (χ0n) is 7.71. The fourth-order valence-electron chi connectivity index (χ4n) is 1.13. The van der Waals surface area contributed by atoms with E-state index in [2.05, 4.69) is 10.3 Å². The maximum atomic E-state index is 5.81. The van der Waals surface area contributed by atoms with E-state index in [0.29, 0.717) is 11.7 Å². The summed E-state index contributed by atoms with van der Waals surface area (Å²) in [7, 11) is 0. The summed E-state index contributed by atoms with van der Waals surface area (Å²) in [4.78, 5) is 5.29. The summed E-state index contributed by atoms with van der Waals surface area (Å²) in [6, 6.07) is 7.42. The first-order valence-electron chi connectivity index (χ1n) is 4.33. The molecule has 15 heavy (non-hydrogen) atoms. The smallest absolute Gasteiger partial charge is 0.131 e. The van der Waals surface area contributed by atoms with Gasteiger partial charge in [-0.2, -0.15) is 0 Å². The van der Waals surface area contributed by atoms with Crippen LogP contribution >= 0.6 is 34.5 Å². The maximum absolute atomic E-state index is 5.81. The molecule has 0 unspecified atom stereocenters. The third-order valence-electron chi connectivity index (χ3n) is 1.78. The van der Waals surface area contributed by atoms with Crippen LogP contribution in [-0.2, 0) is 6.54 Å². The van der Waals surface area contributed by atoms with Crippen LogP contribution in [0.1, 0.15) is 4.88 Å². The largest absolute Gasteiger partial charge is 0.365 e. The zero-order chi connectivity index (χ0) is 10.7. The van der Waals surface area contributed by atoms with Gasteiger partial charge in [0.25, 0.3) is 0 Å². The summed E-state index contributed by atoms with van der Waals surface area (Å²) in [6.07, 6.45) is 0. The molecule has 0 bridgehead atoms. The molecular weight excluding hydrogens is 251 g/mol. The number of anilines is 1. The second-order valence-corrected chi connectivity index (χ2v) is 4.75. The van der Waals surface area contributed by atoms with E-state index in [1.165, 1.54) is 4.88 Å². The van der Waals surface area contributed by atoms with Gasteiger partial charge in [0.05, 0.1) is 11.6 Å². The molecule has 78 valence electrons. The number of thiophene rings is 1. The van der Waals surface area contributed by atoms with Gasteiger partial charge >= 0.3 is 0 Å². The molecule has 0 aliphatic rings. The molecule has 0 spiro atoms. The summed E-state index contributed by atoms with van der Waals surface area (Å²) >= 11 is 13.2. The lowest BCUT2D eigenvalue weighted by Crippen LogP contribution is -1.99. The summed E-state index contributed by atoms with van der Waals surface area (Å²) in [6.45, 7) is 0.713. The second kappa shape index (κ2) is 4.84.